The van der Waals surface area contributed by atoms with E-state index >= 15 is 0 Å². The molecule has 0 amide bonds. The Morgan fingerprint density at radius 2 is 2.15 bits per heavy atom. The van der Waals surface area contributed by atoms with Crippen LogP contribution in [0, 0.1) is 0 Å². The largest absolute Gasteiger partial charge is 0.375 e. The molecular formula is C23H35N3O. The highest BCUT2D eigenvalue weighted by Gasteiger charge is 2.19. The number of hydrogen-bond donors (Lipinski definition) is 0. The molecule has 2 rings (SSSR count). The molecule has 1 unspecified atom stereocenters. The van der Waals surface area contributed by atoms with Crippen molar-refractivity contribution in [3.63, 3.8) is 0 Å². The molecule has 1 aromatic rings. The van der Waals surface area contributed by atoms with Crippen LogP contribution in [0.4, 0.5) is 0 Å². The first kappa shape index (κ1) is 21.4. The van der Waals surface area contributed by atoms with Crippen molar-refractivity contribution in [3.8, 4) is 0 Å². The lowest BCUT2D eigenvalue weighted by molar-refractivity contribution is -0.00656. The van der Waals surface area contributed by atoms with Gasteiger partial charge in [0.2, 0.25) is 0 Å². The van der Waals surface area contributed by atoms with Gasteiger partial charge in [0.25, 0.3) is 0 Å². The Balaban J connectivity index is 2.25. The van der Waals surface area contributed by atoms with Gasteiger partial charge in [-0.15, -0.1) is 0 Å². The van der Waals surface area contributed by atoms with E-state index < -0.39 is 0 Å². The summed E-state index contributed by atoms with van der Waals surface area (Å²) in [5.41, 5.74) is 4.99. The fourth-order valence-electron chi connectivity index (χ4n) is 3.29. The number of benzene rings is 1. The number of ether oxygens (including phenoxy) is 1. The molecule has 0 spiro atoms. The van der Waals surface area contributed by atoms with Crippen LogP contribution in [0.15, 0.2) is 46.7 Å². The first-order valence-electron chi connectivity index (χ1n) is 9.95. The van der Waals surface area contributed by atoms with E-state index in [-0.39, 0.29) is 6.10 Å². The van der Waals surface area contributed by atoms with E-state index in [1.54, 1.807) is 0 Å². The Labute approximate surface area is 165 Å². The third-order valence-corrected chi connectivity index (χ3v) is 4.85. The average molecular weight is 370 g/mol. The summed E-state index contributed by atoms with van der Waals surface area (Å²) < 4.78 is 5.70. The zero-order chi connectivity index (χ0) is 19.8. The number of rotatable bonds is 7. The molecule has 1 aliphatic heterocycles. The zero-order valence-corrected chi connectivity index (χ0v) is 17.8. The highest BCUT2D eigenvalue weighted by Crippen LogP contribution is 2.21. The fraction of sp³-hybridized carbons (Fsp3) is 0.522. The van der Waals surface area contributed by atoms with Crippen molar-refractivity contribution in [1.82, 2.24) is 9.80 Å². The van der Waals surface area contributed by atoms with Gasteiger partial charge in [-0.25, -0.2) is 4.99 Å². The van der Waals surface area contributed by atoms with Crippen LogP contribution >= 0.6 is 0 Å². The predicted octanol–water partition coefficient (Wildman–Crippen LogP) is 4.58. The molecule has 0 N–H and O–H groups in total. The Morgan fingerprint density at radius 3 is 2.78 bits per heavy atom. The van der Waals surface area contributed by atoms with Gasteiger partial charge in [-0.05, 0) is 69.6 Å². The standard InChI is InChI=1S/C23H35N3O/c1-7-18(3)23(26-12-13-27-19(4)16-26)24-15-21(8-2)22-11-9-10-20(14-22)17-25(5)6/h8-11,14-15,19H,7,12-13,16-17H2,1-6H3/b21-8+,23-18-,24-15+. The molecule has 4 heteroatoms. The quantitative estimate of drug-likeness (QED) is 0.658. The third kappa shape index (κ3) is 6.33. The summed E-state index contributed by atoms with van der Waals surface area (Å²) in [7, 11) is 4.19. The number of hydrogen-bond acceptors (Lipinski definition) is 4. The molecule has 1 saturated heterocycles. The molecule has 0 bridgehead atoms. The summed E-state index contributed by atoms with van der Waals surface area (Å²) in [6.45, 7) is 12.1. The Hall–Kier alpha value is -1.91. The minimum Gasteiger partial charge on any atom is -0.375 e. The van der Waals surface area contributed by atoms with E-state index in [0.29, 0.717) is 0 Å². The second-order valence-corrected chi connectivity index (χ2v) is 7.53. The Morgan fingerprint density at radius 1 is 1.37 bits per heavy atom. The van der Waals surface area contributed by atoms with Gasteiger partial charge in [-0.3, -0.25) is 0 Å². The maximum Gasteiger partial charge on any atom is 0.127 e. The van der Waals surface area contributed by atoms with Gasteiger partial charge in [-0.1, -0.05) is 31.2 Å². The van der Waals surface area contributed by atoms with E-state index in [0.717, 1.165) is 44.1 Å². The van der Waals surface area contributed by atoms with Crippen LogP contribution in [-0.2, 0) is 11.3 Å². The molecule has 0 radical (unpaired) electrons. The highest BCUT2D eigenvalue weighted by atomic mass is 16.5. The lowest BCUT2D eigenvalue weighted by atomic mass is 10.0. The van der Waals surface area contributed by atoms with Crippen molar-refractivity contribution < 1.29 is 4.74 Å². The van der Waals surface area contributed by atoms with Gasteiger partial charge in [-0.2, -0.15) is 0 Å². The lowest BCUT2D eigenvalue weighted by Crippen LogP contribution is -2.40. The SMILES string of the molecule is C\C=C(/C=N/C(=C(\C)CC)N1CCOC(C)C1)c1cccc(CN(C)C)c1. The number of allylic oxidation sites excluding steroid dienone is 3. The normalized spacial score (nSPS) is 19.7. The average Bonchev–Trinajstić information content (AvgIpc) is 2.64. The predicted molar refractivity (Wildman–Crippen MR) is 116 cm³/mol. The van der Waals surface area contributed by atoms with Crippen molar-refractivity contribution in [2.75, 3.05) is 33.8 Å². The molecule has 4 nitrogen and oxygen atoms in total. The van der Waals surface area contributed by atoms with Gasteiger partial charge in [0.1, 0.15) is 5.82 Å². The second kappa shape index (κ2) is 10.4. The van der Waals surface area contributed by atoms with Crippen molar-refractivity contribution in [3.05, 3.63) is 52.9 Å². The minimum atomic E-state index is 0.248. The highest BCUT2D eigenvalue weighted by molar-refractivity contribution is 6.10. The van der Waals surface area contributed by atoms with Gasteiger partial charge < -0.3 is 14.5 Å². The molecule has 0 saturated carbocycles. The first-order valence-corrected chi connectivity index (χ1v) is 9.95. The van der Waals surface area contributed by atoms with Crippen LogP contribution in [0.2, 0.25) is 0 Å². The molecule has 1 aromatic carbocycles. The number of nitrogens with zero attached hydrogens (tertiary/aromatic N) is 3. The molecular weight excluding hydrogens is 334 g/mol. The summed E-state index contributed by atoms with van der Waals surface area (Å²) in [5.74, 6) is 1.09. The monoisotopic (exact) mass is 369 g/mol. The van der Waals surface area contributed by atoms with E-state index in [1.807, 2.05) is 6.21 Å². The van der Waals surface area contributed by atoms with Gasteiger partial charge in [0, 0.05) is 25.8 Å². The van der Waals surface area contributed by atoms with Crippen molar-refractivity contribution in [2.45, 2.75) is 46.8 Å². The van der Waals surface area contributed by atoms with Gasteiger partial charge in [0.15, 0.2) is 0 Å². The topological polar surface area (TPSA) is 28.1 Å². The summed E-state index contributed by atoms with van der Waals surface area (Å²) in [6.07, 6.45) is 5.40. The van der Waals surface area contributed by atoms with Crippen LogP contribution in [-0.4, -0.2) is 55.9 Å². The fourth-order valence-corrected chi connectivity index (χ4v) is 3.29. The maximum atomic E-state index is 5.70. The van der Waals surface area contributed by atoms with Crippen LogP contribution < -0.4 is 0 Å². The van der Waals surface area contributed by atoms with Crippen molar-refractivity contribution >= 4 is 11.8 Å². The lowest BCUT2D eigenvalue weighted by Gasteiger charge is -2.33. The second-order valence-electron chi connectivity index (χ2n) is 7.53. The number of aliphatic imine (C=N–C) groups is 1. The zero-order valence-electron chi connectivity index (χ0n) is 17.8. The number of morpholine rings is 1. The summed E-state index contributed by atoms with van der Waals surface area (Å²) in [5, 5.41) is 0. The molecule has 1 aliphatic rings. The molecule has 0 aromatic heterocycles. The summed E-state index contributed by atoms with van der Waals surface area (Å²) in [6, 6.07) is 8.72. The van der Waals surface area contributed by atoms with Crippen molar-refractivity contribution in [2.24, 2.45) is 4.99 Å². The van der Waals surface area contributed by atoms with E-state index in [4.69, 9.17) is 9.73 Å². The smallest absolute Gasteiger partial charge is 0.127 e. The minimum absolute atomic E-state index is 0.248. The molecule has 1 atom stereocenters. The van der Waals surface area contributed by atoms with E-state index in [9.17, 15) is 0 Å². The molecule has 27 heavy (non-hydrogen) atoms. The van der Waals surface area contributed by atoms with Crippen LogP contribution in [0.1, 0.15) is 45.2 Å². The third-order valence-electron chi connectivity index (χ3n) is 4.85. The van der Waals surface area contributed by atoms with E-state index in [1.165, 1.54) is 16.7 Å². The Kier molecular flexibility index (Phi) is 8.26. The van der Waals surface area contributed by atoms with Crippen molar-refractivity contribution in [1.29, 1.82) is 0 Å². The molecule has 0 aliphatic carbocycles. The summed E-state index contributed by atoms with van der Waals surface area (Å²) in [4.78, 5) is 9.49. The van der Waals surface area contributed by atoms with E-state index in [2.05, 4.69) is 81.9 Å². The molecule has 1 heterocycles. The van der Waals surface area contributed by atoms with Crippen LogP contribution in [0.5, 0.6) is 0 Å². The van der Waals surface area contributed by atoms with Gasteiger partial charge in [0.05, 0.1) is 12.7 Å². The Bertz CT molecular complexity index is 703. The van der Waals surface area contributed by atoms with Crippen LogP contribution in [0.3, 0.4) is 0 Å². The van der Waals surface area contributed by atoms with Crippen LogP contribution in [0.25, 0.3) is 5.57 Å². The molecule has 148 valence electrons. The summed E-state index contributed by atoms with van der Waals surface area (Å²) >= 11 is 0. The maximum absolute atomic E-state index is 5.70. The first-order chi connectivity index (χ1) is 12.9. The molecule has 1 fully saturated rings. The van der Waals surface area contributed by atoms with Gasteiger partial charge >= 0.3 is 0 Å².